The van der Waals surface area contributed by atoms with E-state index < -0.39 is 5.82 Å². The minimum atomic E-state index is -0.725. The lowest BCUT2D eigenvalue weighted by Crippen LogP contribution is -1.96. The van der Waals surface area contributed by atoms with E-state index in [1.807, 2.05) is 0 Å². The molecule has 1 rings (SSSR count). The van der Waals surface area contributed by atoms with E-state index in [0.29, 0.717) is 0 Å². The van der Waals surface area contributed by atoms with Gasteiger partial charge in [-0.05, 0) is 19.1 Å². The van der Waals surface area contributed by atoms with Gasteiger partial charge in [0.1, 0.15) is 11.9 Å². The van der Waals surface area contributed by atoms with Crippen molar-refractivity contribution in [2.45, 2.75) is 6.92 Å². The molecule has 2 nitrogen and oxygen atoms in total. The SMILES string of the molecule is CC(=O)c1cc(F)c(C#N)cc1Cl. The van der Waals surface area contributed by atoms with Gasteiger partial charge in [0, 0.05) is 5.56 Å². The molecule has 66 valence electrons. The van der Waals surface area contributed by atoms with Gasteiger partial charge in [-0.15, -0.1) is 0 Å². The molecule has 0 saturated carbocycles. The maximum Gasteiger partial charge on any atom is 0.161 e. The van der Waals surface area contributed by atoms with Crippen LogP contribution in [-0.2, 0) is 0 Å². The molecule has 0 heterocycles. The third-order valence-electron chi connectivity index (χ3n) is 1.56. The van der Waals surface area contributed by atoms with Crippen molar-refractivity contribution in [3.8, 4) is 6.07 Å². The minimum Gasteiger partial charge on any atom is -0.294 e. The first-order chi connectivity index (χ1) is 6.06. The lowest BCUT2D eigenvalue weighted by molar-refractivity contribution is 0.101. The zero-order valence-corrected chi connectivity index (χ0v) is 7.52. The molecule has 0 aliphatic carbocycles. The van der Waals surface area contributed by atoms with E-state index in [1.54, 1.807) is 6.07 Å². The van der Waals surface area contributed by atoms with Crippen LogP contribution in [0.25, 0.3) is 0 Å². The molecule has 0 aliphatic heterocycles. The Morgan fingerprint density at radius 3 is 2.69 bits per heavy atom. The van der Waals surface area contributed by atoms with Gasteiger partial charge in [0.2, 0.25) is 0 Å². The summed E-state index contributed by atoms with van der Waals surface area (Å²) in [6.45, 7) is 1.28. The zero-order chi connectivity index (χ0) is 10.0. The highest BCUT2D eigenvalue weighted by Crippen LogP contribution is 2.20. The van der Waals surface area contributed by atoms with Crippen molar-refractivity contribution < 1.29 is 9.18 Å². The number of carbonyl (C=O) groups excluding carboxylic acids is 1. The number of nitriles is 1. The highest BCUT2D eigenvalue weighted by atomic mass is 35.5. The van der Waals surface area contributed by atoms with Crippen molar-refractivity contribution in [3.63, 3.8) is 0 Å². The van der Waals surface area contributed by atoms with Crippen LogP contribution >= 0.6 is 11.6 Å². The molecular weight excluding hydrogens is 193 g/mol. The highest BCUT2D eigenvalue weighted by molar-refractivity contribution is 6.34. The lowest BCUT2D eigenvalue weighted by Gasteiger charge is -2.00. The zero-order valence-electron chi connectivity index (χ0n) is 6.77. The minimum absolute atomic E-state index is 0.0955. The van der Waals surface area contributed by atoms with Crippen LogP contribution in [0.3, 0.4) is 0 Å². The number of Topliss-reactive ketones (excluding diaryl/α,β-unsaturated/α-hetero) is 1. The standard InChI is InChI=1S/C9H5ClFNO/c1-5(13)7-3-9(11)6(4-12)2-8(7)10/h2-3H,1H3. The number of nitrogens with zero attached hydrogens (tertiary/aromatic N) is 1. The number of carbonyl (C=O) groups is 1. The highest BCUT2D eigenvalue weighted by Gasteiger charge is 2.10. The van der Waals surface area contributed by atoms with E-state index in [-0.39, 0.29) is 21.9 Å². The largest absolute Gasteiger partial charge is 0.294 e. The quantitative estimate of drug-likeness (QED) is 0.650. The van der Waals surface area contributed by atoms with Crippen LogP contribution < -0.4 is 0 Å². The molecular formula is C9H5ClFNO. The predicted octanol–water partition coefficient (Wildman–Crippen LogP) is 2.55. The van der Waals surface area contributed by atoms with Crippen LogP contribution in [0.5, 0.6) is 0 Å². The Bertz CT molecular complexity index is 409. The van der Waals surface area contributed by atoms with E-state index in [0.717, 1.165) is 12.1 Å². The second kappa shape index (κ2) is 3.55. The van der Waals surface area contributed by atoms with Crippen molar-refractivity contribution >= 4 is 17.4 Å². The topological polar surface area (TPSA) is 40.9 Å². The summed E-state index contributed by atoms with van der Waals surface area (Å²) in [5, 5.41) is 8.54. The van der Waals surface area contributed by atoms with Crippen molar-refractivity contribution in [3.05, 3.63) is 34.1 Å². The van der Waals surface area contributed by atoms with E-state index in [9.17, 15) is 9.18 Å². The number of hydrogen-bond donors (Lipinski definition) is 0. The van der Waals surface area contributed by atoms with Gasteiger partial charge in [-0.2, -0.15) is 5.26 Å². The van der Waals surface area contributed by atoms with Crippen molar-refractivity contribution in [1.82, 2.24) is 0 Å². The molecule has 0 radical (unpaired) electrons. The van der Waals surface area contributed by atoms with Gasteiger partial charge in [0.25, 0.3) is 0 Å². The van der Waals surface area contributed by atoms with Gasteiger partial charge < -0.3 is 0 Å². The number of ketones is 1. The average Bonchev–Trinajstić information content (AvgIpc) is 2.07. The fraction of sp³-hybridized carbons (Fsp3) is 0.111. The van der Waals surface area contributed by atoms with Crippen LogP contribution in [0.1, 0.15) is 22.8 Å². The number of rotatable bonds is 1. The average molecular weight is 198 g/mol. The number of halogens is 2. The van der Waals surface area contributed by atoms with Crippen LogP contribution in [0.2, 0.25) is 5.02 Å². The smallest absolute Gasteiger partial charge is 0.161 e. The third-order valence-corrected chi connectivity index (χ3v) is 1.87. The summed E-state index contributed by atoms with van der Waals surface area (Å²) in [6.07, 6.45) is 0. The number of benzene rings is 1. The Balaban J connectivity index is 3.39. The second-order valence-electron chi connectivity index (χ2n) is 2.48. The Labute approximate surface area is 79.5 Å². The molecule has 0 unspecified atom stereocenters. The third kappa shape index (κ3) is 1.85. The maximum atomic E-state index is 13.0. The van der Waals surface area contributed by atoms with Gasteiger partial charge >= 0.3 is 0 Å². The molecule has 0 amide bonds. The van der Waals surface area contributed by atoms with Gasteiger partial charge in [0.05, 0.1) is 10.6 Å². The summed E-state index contributed by atoms with van der Waals surface area (Å²) in [7, 11) is 0. The summed E-state index contributed by atoms with van der Waals surface area (Å²) in [5.74, 6) is -1.05. The first-order valence-electron chi connectivity index (χ1n) is 3.46. The van der Waals surface area contributed by atoms with E-state index >= 15 is 0 Å². The van der Waals surface area contributed by atoms with Crippen molar-refractivity contribution in [1.29, 1.82) is 5.26 Å². The van der Waals surface area contributed by atoms with Crippen LogP contribution in [-0.4, -0.2) is 5.78 Å². The van der Waals surface area contributed by atoms with Gasteiger partial charge in [0.15, 0.2) is 5.78 Å². The molecule has 0 atom stereocenters. The van der Waals surface area contributed by atoms with Gasteiger partial charge in [-0.3, -0.25) is 4.79 Å². The Hall–Kier alpha value is -1.40. The van der Waals surface area contributed by atoms with Crippen LogP contribution in [0.15, 0.2) is 12.1 Å². The summed E-state index contributed by atoms with van der Waals surface area (Å²) in [6, 6.07) is 3.75. The Morgan fingerprint density at radius 1 is 1.62 bits per heavy atom. The fourth-order valence-corrected chi connectivity index (χ4v) is 1.20. The molecule has 1 aromatic rings. The first kappa shape index (κ1) is 9.69. The van der Waals surface area contributed by atoms with Gasteiger partial charge in [-0.1, -0.05) is 11.6 Å². The molecule has 0 fully saturated rings. The molecule has 0 aromatic heterocycles. The monoisotopic (exact) mass is 197 g/mol. The lowest BCUT2D eigenvalue weighted by atomic mass is 10.1. The predicted molar refractivity (Wildman–Crippen MR) is 46.1 cm³/mol. The molecule has 0 N–H and O–H groups in total. The van der Waals surface area contributed by atoms with Crippen molar-refractivity contribution in [2.24, 2.45) is 0 Å². The second-order valence-corrected chi connectivity index (χ2v) is 2.89. The number of hydrogen-bond acceptors (Lipinski definition) is 2. The van der Waals surface area contributed by atoms with Crippen LogP contribution in [0, 0.1) is 17.1 Å². The van der Waals surface area contributed by atoms with Crippen molar-refractivity contribution in [2.75, 3.05) is 0 Å². The summed E-state index contributed by atoms with van der Waals surface area (Å²) in [5.41, 5.74) is -0.0619. The molecule has 0 aliphatic rings. The van der Waals surface area contributed by atoms with Gasteiger partial charge in [-0.25, -0.2) is 4.39 Å². The summed E-state index contributed by atoms with van der Waals surface area (Å²) in [4.78, 5) is 10.9. The molecule has 4 heteroatoms. The summed E-state index contributed by atoms with van der Waals surface area (Å²) >= 11 is 5.64. The molecule has 13 heavy (non-hydrogen) atoms. The normalized spacial score (nSPS) is 9.38. The van der Waals surface area contributed by atoms with Crippen LogP contribution in [0.4, 0.5) is 4.39 Å². The molecule has 1 aromatic carbocycles. The fourth-order valence-electron chi connectivity index (χ4n) is 0.902. The van der Waals surface area contributed by atoms with E-state index in [1.165, 1.54) is 6.92 Å². The van der Waals surface area contributed by atoms with E-state index in [2.05, 4.69) is 0 Å². The molecule has 0 bridgehead atoms. The maximum absolute atomic E-state index is 13.0. The molecule has 0 saturated heterocycles. The first-order valence-corrected chi connectivity index (χ1v) is 3.84. The molecule has 0 spiro atoms. The van der Waals surface area contributed by atoms with E-state index in [4.69, 9.17) is 16.9 Å². The Morgan fingerprint density at radius 2 is 2.23 bits per heavy atom. The Kier molecular flexibility index (Phi) is 2.64. The summed E-state index contributed by atoms with van der Waals surface area (Å²) < 4.78 is 13.0.